The van der Waals surface area contributed by atoms with Crippen molar-refractivity contribution in [2.24, 2.45) is 7.05 Å². The fourth-order valence-electron chi connectivity index (χ4n) is 4.90. The van der Waals surface area contributed by atoms with Gasteiger partial charge in [-0.25, -0.2) is 9.97 Å². The molecule has 0 bridgehead atoms. The normalized spacial score (nSPS) is 17.1. The van der Waals surface area contributed by atoms with E-state index in [4.69, 9.17) is 4.98 Å². The smallest absolute Gasteiger partial charge is 0.133 e. The Hall–Kier alpha value is -3.38. The van der Waals surface area contributed by atoms with Gasteiger partial charge in [-0.05, 0) is 37.1 Å². The van der Waals surface area contributed by atoms with Crippen LogP contribution in [0.15, 0.2) is 54.7 Å². The largest absolute Gasteiger partial charge is 0.356 e. The first-order chi connectivity index (χ1) is 14.7. The number of aryl methyl sites for hydroxylation is 2. The van der Waals surface area contributed by atoms with Gasteiger partial charge in [0.25, 0.3) is 0 Å². The van der Waals surface area contributed by atoms with Crippen LogP contribution in [0.2, 0.25) is 0 Å². The van der Waals surface area contributed by atoms with Gasteiger partial charge in [-0.15, -0.1) is 0 Å². The highest BCUT2D eigenvalue weighted by molar-refractivity contribution is 5.85. The van der Waals surface area contributed by atoms with Gasteiger partial charge in [0, 0.05) is 42.1 Å². The van der Waals surface area contributed by atoms with E-state index < -0.39 is 0 Å². The number of nitrogens with one attached hydrogen (secondary N) is 2. The summed E-state index contributed by atoms with van der Waals surface area (Å²) in [5.41, 5.74) is 7.14. The van der Waals surface area contributed by atoms with Crippen molar-refractivity contribution in [3.05, 3.63) is 83.3 Å². The lowest BCUT2D eigenvalue weighted by atomic mass is 9.96. The molecule has 6 nitrogen and oxygen atoms in total. The molecular weight excluding hydrogens is 372 g/mol. The number of fused-ring (bicyclic) bond motifs is 4. The summed E-state index contributed by atoms with van der Waals surface area (Å²) >= 11 is 0. The minimum atomic E-state index is 0.0453. The van der Waals surface area contributed by atoms with Crippen molar-refractivity contribution in [2.45, 2.75) is 25.9 Å². The average molecular weight is 396 g/mol. The number of benzene rings is 2. The molecule has 3 aromatic heterocycles. The molecule has 1 aliphatic heterocycles. The van der Waals surface area contributed by atoms with Gasteiger partial charge in [0.2, 0.25) is 0 Å². The Bertz CT molecular complexity index is 1370. The molecule has 0 fully saturated rings. The second kappa shape index (κ2) is 6.57. The number of hydrogen-bond acceptors (Lipinski definition) is 3. The van der Waals surface area contributed by atoms with Crippen LogP contribution in [-0.4, -0.2) is 35.9 Å². The molecular formula is C24H24N6. The highest BCUT2D eigenvalue weighted by Crippen LogP contribution is 2.39. The summed E-state index contributed by atoms with van der Waals surface area (Å²) < 4.78 is 2.24. The summed E-state index contributed by atoms with van der Waals surface area (Å²) in [6.45, 7) is 3.77. The summed E-state index contributed by atoms with van der Waals surface area (Å²) in [7, 11) is 2.12. The number of hydrogen-bond donors (Lipinski definition) is 2. The van der Waals surface area contributed by atoms with E-state index in [0.717, 1.165) is 47.9 Å². The van der Waals surface area contributed by atoms with Gasteiger partial charge in [0.1, 0.15) is 17.7 Å². The SMILES string of the molecule is Cc1cnc(CN2CCc3c([nH]c4ccccc34)[C@H]2c2nc3ccccc3n2C)[nH]1. The van der Waals surface area contributed by atoms with E-state index in [9.17, 15) is 0 Å². The summed E-state index contributed by atoms with van der Waals surface area (Å²) in [6.07, 6.45) is 2.91. The number of aromatic amines is 2. The van der Waals surface area contributed by atoms with E-state index >= 15 is 0 Å². The molecule has 0 aliphatic carbocycles. The topological polar surface area (TPSA) is 65.5 Å². The van der Waals surface area contributed by atoms with Crippen molar-refractivity contribution < 1.29 is 0 Å². The van der Waals surface area contributed by atoms with E-state index in [0.29, 0.717) is 0 Å². The van der Waals surface area contributed by atoms with Crippen LogP contribution >= 0.6 is 0 Å². The molecule has 0 saturated carbocycles. The first-order valence-corrected chi connectivity index (χ1v) is 10.4. The number of aromatic nitrogens is 5. The molecule has 0 saturated heterocycles. The third kappa shape index (κ3) is 2.60. The van der Waals surface area contributed by atoms with Crippen LogP contribution in [0.25, 0.3) is 21.9 Å². The first kappa shape index (κ1) is 17.5. The van der Waals surface area contributed by atoms with E-state index in [-0.39, 0.29) is 6.04 Å². The first-order valence-electron chi connectivity index (χ1n) is 10.4. The Kier molecular flexibility index (Phi) is 3.83. The van der Waals surface area contributed by atoms with Gasteiger partial charge in [-0.3, -0.25) is 4.90 Å². The Labute approximate surface area is 174 Å². The zero-order valence-electron chi connectivity index (χ0n) is 17.2. The molecule has 0 unspecified atom stereocenters. The van der Waals surface area contributed by atoms with Gasteiger partial charge in [-0.1, -0.05) is 30.3 Å². The molecule has 0 radical (unpaired) electrons. The standard InChI is InChI=1S/C24H24N6/c1-15-13-25-21(26-15)14-30-12-11-17-16-7-3-4-8-18(16)27-22(17)23(30)24-28-19-9-5-6-10-20(19)29(24)2/h3-10,13,23,27H,11-12,14H2,1-2H3,(H,25,26)/t23-/m0/s1. The predicted octanol–water partition coefficient (Wildman–Crippen LogP) is 4.23. The number of imidazole rings is 2. The third-order valence-corrected chi connectivity index (χ3v) is 6.31. The van der Waals surface area contributed by atoms with Crippen molar-refractivity contribution in [1.82, 2.24) is 29.4 Å². The van der Waals surface area contributed by atoms with Gasteiger partial charge in [-0.2, -0.15) is 0 Å². The fourth-order valence-corrected chi connectivity index (χ4v) is 4.90. The zero-order chi connectivity index (χ0) is 20.2. The molecule has 0 amide bonds. The minimum absolute atomic E-state index is 0.0453. The van der Waals surface area contributed by atoms with E-state index in [1.807, 2.05) is 13.1 Å². The van der Waals surface area contributed by atoms with Gasteiger partial charge in [0.15, 0.2) is 0 Å². The Morgan fingerprint density at radius 2 is 1.90 bits per heavy atom. The molecule has 30 heavy (non-hydrogen) atoms. The minimum Gasteiger partial charge on any atom is -0.356 e. The van der Waals surface area contributed by atoms with E-state index in [2.05, 4.69) is 80.0 Å². The number of nitrogens with zero attached hydrogens (tertiary/aromatic N) is 4. The predicted molar refractivity (Wildman–Crippen MR) is 118 cm³/mol. The molecule has 6 heteroatoms. The van der Waals surface area contributed by atoms with E-state index in [1.165, 1.54) is 22.2 Å². The molecule has 1 atom stereocenters. The van der Waals surface area contributed by atoms with Crippen LogP contribution in [0.5, 0.6) is 0 Å². The van der Waals surface area contributed by atoms with Crippen molar-refractivity contribution in [2.75, 3.05) is 6.54 Å². The van der Waals surface area contributed by atoms with Crippen LogP contribution in [0, 0.1) is 6.92 Å². The quantitative estimate of drug-likeness (QED) is 0.480. The monoisotopic (exact) mass is 396 g/mol. The highest BCUT2D eigenvalue weighted by Gasteiger charge is 2.35. The Morgan fingerprint density at radius 3 is 2.73 bits per heavy atom. The van der Waals surface area contributed by atoms with Gasteiger partial charge < -0.3 is 14.5 Å². The van der Waals surface area contributed by atoms with Crippen molar-refractivity contribution >= 4 is 21.9 Å². The maximum absolute atomic E-state index is 5.07. The van der Waals surface area contributed by atoms with E-state index in [1.54, 1.807) is 0 Å². The number of H-pyrrole nitrogens is 2. The van der Waals surface area contributed by atoms with Crippen LogP contribution in [0.3, 0.4) is 0 Å². The van der Waals surface area contributed by atoms with Crippen molar-refractivity contribution in [1.29, 1.82) is 0 Å². The Balaban J connectivity index is 1.54. The third-order valence-electron chi connectivity index (χ3n) is 6.31. The molecule has 1 aliphatic rings. The summed E-state index contributed by atoms with van der Waals surface area (Å²) in [5, 5.41) is 1.32. The van der Waals surface area contributed by atoms with Crippen molar-refractivity contribution in [3.63, 3.8) is 0 Å². The van der Waals surface area contributed by atoms with Crippen LogP contribution in [0.4, 0.5) is 0 Å². The maximum Gasteiger partial charge on any atom is 0.133 e. The van der Waals surface area contributed by atoms with Crippen molar-refractivity contribution in [3.8, 4) is 0 Å². The average Bonchev–Trinajstić information content (AvgIpc) is 3.44. The van der Waals surface area contributed by atoms with Crippen LogP contribution in [-0.2, 0) is 20.0 Å². The lowest BCUT2D eigenvalue weighted by Crippen LogP contribution is -2.37. The number of para-hydroxylation sites is 3. The molecule has 0 spiro atoms. The number of rotatable bonds is 3. The zero-order valence-corrected chi connectivity index (χ0v) is 17.2. The van der Waals surface area contributed by atoms with Gasteiger partial charge in [0.05, 0.1) is 17.6 Å². The lowest BCUT2D eigenvalue weighted by molar-refractivity contribution is 0.188. The molecule has 2 aromatic carbocycles. The van der Waals surface area contributed by atoms with Crippen LogP contribution in [0.1, 0.15) is 34.6 Å². The second-order valence-electron chi connectivity index (χ2n) is 8.22. The maximum atomic E-state index is 5.07. The summed E-state index contributed by atoms with van der Waals surface area (Å²) in [6, 6.07) is 17.0. The molecule has 150 valence electrons. The summed E-state index contributed by atoms with van der Waals surface area (Å²) in [4.78, 5) is 19.3. The van der Waals surface area contributed by atoms with Crippen LogP contribution < -0.4 is 0 Å². The van der Waals surface area contributed by atoms with Gasteiger partial charge >= 0.3 is 0 Å². The molecule has 4 heterocycles. The highest BCUT2D eigenvalue weighted by atomic mass is 15.2. The fraction of sp³-hybridized carbons (Fsp3) is 0.250. The molecule has 2 N–H and O–H groups in total. The Morgan fingerprint density at radius 1 is 1.07 bits per heavy atom. The lowest BCUT2D eigenvalue weighted by Gasteiger charge is -2.34. The summed E-state index contributed by atoms with van der Waals surface area (Å²) in [5.74, 6) is 2.06. The second-order valence-corrected chi connectivity index (χ2v) is 8.22. The molecule has 6 rings (SSSR count). The molecule has 5 aromatic rings.